The van der Waals surface area contributed by atoms with Crippen molar-refractivity contribution in [2.75, 3.05) is 20.3 Å². The summed E-state index contributed by atoms with van der Waals surface area (Å²) < 4.78 is 16.8. The van der Waals surface area contributed by atoms with Crippen LogP contribution in [0.15, 0.2) is 28.7 Å². The molecule has 0 aliphatic carbocycles. The van der Waals surface area contributed by atoms with Gasteiger partial charge in [0.2, 0.25) is 0 Å². The van der Waals surface area contributed by atoms with Crippen LogP contribution in [0.3, 0.4) is 0 Å². The first-order valence-corrected chi connectivity index (χ1v) is 6.96. The summed E-state index contributed by atoms with van der Waals surface area (Å²) in [6.07, 6.45) is 0. The quantitative estimate of drug-likeness (QED) is 0.843. The third-order valence-electron chi connectivity index (χ3n) is 3.16. The van der Waals surface area contributed by atoms with Crippen molar-refractivity contribution >= 4 is 11.0 Å². The van der Waals surface area contributed by atoms with Crippen LogP contribution in [-0.4, -0.2) is 25.9 Å². The van der Waals surface area contributed by atoms with E-state index in [1.165, 1.54) is 0 Å². The Bertz CT molecular complexity index is 560. The lowest BCUT2D eigenvalue weighted by atomic mass is 10.1. The maximum Gasteiger partial charge on any atom is 0.176 e. The highest BCUT2D eigenvalue weighted by molar-refractivity contribution is 5.83. The fourth-order valence-corrected chi connectivity index (χ4v) is 2.27. The molecule has 0 fully saturated rings. The largest absolute Gasteiger partial charge is 0.493 e. The van der Waals surface area contributed by atoms with E-state index in [0.29, 0.717) is 6.54 Å². The van der Waals surface area contributed by atoms with Crippen LogP contribution in [0.2, 0.25) is 0 Å². The molecule has 4 heteroatoms. The van der Waals surface area contributed by atoms with Gasteiger partial charge in [0.25, 0.3) is 0 Å². The third kappa shape index (κ3) is 3.52. The van der Waals surface area contributed by atoms with Crippen LogP contribution in [0.1, 0.15) is 26.5 Å². The Morgan fingerprint density at radius 3 is 2.80 bits per heavy atom. The zero-order valence-electron chi connectivity index (χ0n) is 12.7. The normalized spacial score (nSPS) is 12.0. The number of ether oxygens (including phenoxy) is 2. The summed E-state index contributed by atoms with van der Waals surface area (Å²) in [5, 5.41) is 4.43. The second kappa shape index (κ2) is 6.29. The lowest BCUT2D eigenvalue weighted by Gasteiger charge is -2.24. The molecule has 0 aliphatic heterocycles. The molecule has 0 bridgehead atoms. The number of fused-ring (bicyclic) bond motifs is 1. The molecule has 1 aromatic heterocycles. The van der Waals surface area contributed by atoms with Gasteiger partial charge < -0.3 is 19.2 Å². The van der Waals surface area contributed by atoms with E-state index in [-0.39, 0.29) is 5.60 Å². The van der Waals surface area contributed by atoms with Crippen molar-refractivity contribution < 1.29 is 13.9 Å². The fourth-order valence-electron chi connectivity index (χ4n) is 2.27. The van der Waals surface area contributed by atoms with Gasteiger partial charge in [0.15, 0.2) is 11.3 Å². The topological polar surface area (TPSA) is 43.6 Å². The molecule has 0 spiro atoms. The van der Waals surface area contributed by atoms with Gasteiger partial charge in [0.1, 0.15) is 5.76 Å². The number of para-hydroxylation sites is 1. The number of furan rings is 1. The second-order valence-corrected chi connectivity index (χ2v) is 5.39. The van der Waals surface area contributed by atoms with Crippen molar-refractivity contribution in [3.63, 3.8) is 0 Å². The molecule has 1 aromatic carbocycles. The summed E-state index contributed by atoms with van der Waals surface area (Å²) in [5.74, 6) is 1.67. The van der Waals surface area contributed by atoms with Gasteiger partial charge in [-0.1, -0.05) is 12.1 Å². The monoisotopic (exact) mass is 277 g/mol. The van der Waals surface area contributed by atoms with Crippen molar-refractivity contribution in [2.24, 2.45) is 0 Å². The zero-order chi connectivity index (χ0) is 14.6. The molecular weight excluding hydrogens is 254 g/mol. The molecule has 1 heterocycles. The van der Waals surface area contributed by atoms with Gasteiger partial charge in [-0.15, -0.1) is 0 Å². The van der Waals surface area contributed by atoms with E-state index >= 15 is 0 Å². The number of benzene rings is 1. The highest BCUT2D eigenvalue weighted by atomic mass is 16.5. The molecule has 0 unspecified atom stereocenters. The molecule has 0 amide bonds. The van der Waals surface area contributed by atoms with Crippen molar-refractivity contribution in [1.29, 1.82) is 0 Å². The lowest BCUT2D eigenvalue weighted by molar-refractivity contribution is -0.00918. The van der Waals surface area contributed by atoms with E-state index in [1.54, 1.807) is 7.11 Å². The van der Waals surface area contributed by atoms with Gasteiger partial charge in [0, 0.05) is 18.5 Å². The molecule has 0 aliphatic rings. The summed E-state index contributed by atoms with van der Waals surface area (Å²) in [4.78, 5) is 0. The second-order valence-electron chi connectivity index (χ2n) is 5.39. The molecular formula is C16H23NO3. The predicted octanol–water partition coefficient (Wildman–Crippen LogP) is 3.35. The average Bonchev–Trinajstić information content (AvgIpc) is 2.80. The minimum atomic E-state index is -0.168. The molecule has 0 radical (unpaired) electrons. The summed E-state index contributed by atoms with van der Waals surface area (Å²) in [6, 6.07) is 7.93. The van der Waals surface area contributed by atoms with Crippen molar-refractivity contribution in [3.05, 3.63) is 30.0 Å². The average molecular weight is 277 g/mol. The maximum atomic E-state index is 5.84. The first-order valence-electron chi connectivity index (χ1n) is 6.96. The lowest BCUT2D eigenvalue weighted by Crippen LogP contribution is -2.37. The fraction of sp³-hybridized carbons (Fsp3) is 0.500. The van der Waals surface area contributed by atoms with Gasteiger partial charge in [-0.2, -0.15) is 0 Å². The van der Waals surface area contributed by atoms with E-state index < -0.39 is 0 Å². The minimum Gasteiger partial charge on any atom is -0.493 e. The summed E-state index contributed by atoms with van der Waals surface area (Å²) >= 11 is 0. The Morgan fingerprint density at radius 2 is 2.10 bits per heavy atom. The first-order chi connectivity index (χ1) is 9.55. The van der Waals surface area contributed by atoms with E-state index in [2.05, 4.69) is 19.2 Å². The van der Waals surface area contributed by atoms with Crippen LogP contribution >= 0.6 is 0 Å². The first kappa shape index (κ1) is 14.9. The van der Waals surface area contributed by atoms with E-state index in [4.69, 9.17) is 13.9 Å². The molecule has 20 heavy (non-hydrogen) atoms. The van der Waals surface area contributed by atoms with Crippen molar-refractivity contribution in [3.8, 4) is 5.75 Å². The molecule has 2 rings (SSSR count). The van der Waals surface area contributed by atoms with Crippen LogP contribution in [-0.2, 0) is 11.3 Å². The van der Waals surface area contributed by atoms with E-state index in [9.17, 15) is 0 Å². The van der Waals surface area contributed by atoms with Gasteiger partial charge in [-0.25, -0.2) is 0 Å². The van der Waals surface area contributed by atoms with E-state index in [0.717, 1.165) is 35.6 Å². The van der Waals surface area contributed by atoms with Crippen molar-refractivity contribution in [2.45, 2.75) is 32.9 Å². The molecule has 0 atom stereocenters. The van der Waals surface area contributed by atoms with E-state index in [1.807, 2.05) is 31.2 Å². The Labute approximate surface area is 120 Å². The minimum absolute atomic E-state index is 0.168. The van der Waals surface area contributed by atoms with Crippen LogP contribution in [0.5, 0.6) is 5.75 Å². The highest BCUT2D eigenvalue weighted by Crippen LogP contribution is 2.28. The predicted molar refractivity (Wildman–Crippen MR) is 80.2 cm³/mol. The summed E-state index contributed by atoms with van der Waals surface area (Å²) in [6.45, 7) is 8.32. The van der Waals surface area contributed by atoms with Gasteiger partial charge in [0.05, 0.1) is 19.3 Å². The Kier molecular flexibility index (Phi) is 4.68. The molecule has 4 nitrogen and oxygen atoms in total. The molecule has 0 saturated carbocycles. The van der Waals surface area contributed by atoms with Gasteiger partial charge in [-0.05, 0) is 32.9 Å². The molecule has 1 N–H and O–H groups in total. The summed E-state index contributed by atoms with van der Waals surface area (Å²) in [5.41, 5.74) is 0.634. The zero-order valence-corrected chi connectivity index (χ0v) is 12.7. The standard InChI is InChI=1S/C16H23NO3/c1-5-19-16(2,3)11-17-10-13-9-12-7-6-8-14(18-4)15(12)20-13/h6-9,17H,5,10-11H2,1-4H3. The van der Waals surface area contributed by atoms with Gasteiger partial charge in [-0.3, -0.25) is 0 Å². The number of hydrogen-bond acceptors (Lipinski definition) is 4. The third-order valence-corrected chi connectivity index (χ3v) is 3.16. The van der Waals surface area contributed by atoms with Crippen LogP contribution in [0.4, 0.5) is 0 Å². The van der Waals surface area contributed by atoms with Crippen LogP contribution in [0.25, 0.3) is 11.0 Å². The van der Waals surface area contributed by atoms with Gasteiger partial charge >= 0.3 is 0 Å². The van der Waals surface area contributed by atoms with Crippen molar-refractivity contribution in [1.82, 2.24) is 5.32 Å². The maximum absolute atomic E-state index is 5.84. The number of hydrogen-bond donors (Lipinski definition) is 1. The smallest absolute Gasteiger partial charge is 0.176 e. The highest BCUT2D eigenvalue weighted by Gasteiger charge is 2.17. The van der Waals surface area contributed by atoms with Crippen LogP contribution < -0.4 is 10.1 Å². The Morgan fingerprint density at radius 1 is 1.30 bits per heavy atom. The Balaban J connectivity index is 2.00. The van der Waals surface area contributed by atoms with Crippen LogP contribution in [0, 0.1) is 0 Å². The Hall–Kier alpha value is -1.52. The molecule has 110 valence electrons. The number of nitrogens with one attached hydrogen (secondary N) is 1. The summed E-state index contributed by atoms with van der Waals surface area (Å²) in [7, 11) is 1.65. The molecule has 2 aromatic rings. The SMILES string of the molecule is CCOC(C)(C)CNCc1cc2cccc(OC)c2o1. The number of rotatable bonds is 7. The number of methoxy groups -OCH3 is 1. The molecule has 0 saturated heterocycles.